The van der Waals surface area contributed by atoms with Crippen LogP contribution in [0.5, 0.6) is 5.75 Å². The molecule has 9 heteroatoms. The molecule has 3 rings (SSSR count). The quantitative estimate of drug-likeness (QED) is 0.526. The second-order valence-electron chi connectivity index (χ2n) is 6.00. The maximum absolute atomic E-state index is 12.3. The summed E-state index contributed by atoms with van der Waals surface area (Å²) >= 11 is 0. The Morgan fingerprint density at radius 1 is 1.33 bits per heavy atom. The molecule has 0 radical (unpaired) electrons. The Morgan fingerprint density at radius 2 is 2.11 bits per heavy atom. The number of furan rings is 1. The minimum atomic E-state index is -0.500. The van der Waals surface area contributed by atoms with Crippen LogP contribution in [0.2, 0.25) is 0 Å². The van der Waals surface area contributed by atoms with Gasteiger partial charge < -0.3 is 14.5 Å². The van der Waals surface area contributed by atoms with Crippen molar-refractivity contribution in [3.63, 3.8) is 0 Å². The standard InChI is InChI=1S/C18H18N4O5/c1-11-4-6-16(15(8-11)22(24)25)26-10-13-5-7-17(27-13)18(23)20-14-9-19-21(3)12(14)2/h4-9H,10H2,1-3H3,(H,20,23). The van der Waals surface area contributed by atoms with Crippen LogP contribution in [0.1, 0.15) is 27.6 Å². The minimum absolute atomic E-state index is 0.0386. The second kappa shape index (κ2) is 7.32. The minimum Gasteiger partial charge on any atom is -0.479 e. The topological polar surface area (TPSA) is 112 Å². The molecule has 2 heterocycles. The number of hydrogen-bond donors (Lipinski definition) is 1. The van der Waals surface area contributed by atoms with Crippen LogP contribution in [0.3, 0.4) is 0 Å². The molecule has 0 spiro atoms. The normalized spacial score (nSPS) is 10.6. The third-order valence-electron chi connectivity index (χ3n) is 4.05. The molecule has 9 nitrogen and oxygen atoms in total. The van der Waals surface area contributed by atoms with Crippen LogP contribution in [0, 0.1) is 24.0 Å². The van der Waals surface area contributed by atoms with Crippen molar-refractivity contribution < 1.29 is 18.9 Å². The Kier molecular flexibility index (Phi) is 4.93. The van der Waals surface area contributed by atoms with Gasteiger partial charge in [0.2, 0.25) is 0 Å². The number of aromatic nitrogens is 2. The number of carbonyl (C=O) groups excluding carboxylic acids is 1. The average molecular weight is 370 g/mol. The van der Waals surface area contributed by atoms with Gasteiger partial charge in [-0.15, -0.1) is 0 Å². The van der Waals surface area contributed by atoms with E-state index in [0.717, 1.165) is 11.3 Å². The van der Waals surface area contributed by atoms with Crippen molar-refractivity contribution in [3.05, 3.63) is 69.4 Å². The summed E-state index contributed by atoms with van der Waals surface area (Å²) in [5, 5.41) is 17.9. The summed E-state index contributed by atoms with van der Waals surface area (Å²) in [5.41, 5.74) is 2.04. The number of nitrogens with one attached hydrogen (secondary N) is 1. The molecule has 0 bridgehead atoms. The highest BCUT2D eigenvalue weighted by atomic mass is 16.6. The Morgan fingerprint density at radius 3 is 2.78 bits per heavy atom. The molecule has 0 aliphatic carbocycles. The Balaban J connectivity index is 1.67. The van der Waals surface area contributed by atoms with Gasteiger partial charge in [0.25, 0.3) is 5.91 Å². The molecule has 1 aromatic carbocycles. The van der Waals surface area contributed by atoms with E-state index in [1.54, 1.807) is 37.0 Å². The van der Waals surface area contributed by atoms with Crippen molar-refractivity contribution in [3.8, 4) is 5.75 Å². The fraction of sp³-hybridized carbons (Fsp3) is 0.222. The van der Waals surface area contributed by atoms with Crippen LogP contribution >= 0.6 is 0 Å². The van der Waals surface area contributed by atoms with Crippen molar-refractivity contribution in [2.24, 2.45) is 7.05 Å². The number of hydrogen-bond acceptors (Lipinski definition) is 6. The number of nitro groups is 1. The maximum atomic E-state index is 12.3. The molecule has 1 amide bonds. The highest BCUT2D eigenvalue weighted by Gasteiger charge is 2.17. The summed E-state index contributed by atoms with van der Waals surface area (Å²) in [5.74, 6) is 0.200. The van der Waals surface area contributed by atoms with Crippen LogP contribution in [0.15, 0.2) is 40.9 Å². The van der Waals surface area contributed by atoms with Gasteiger partial charge in [-0.25, -0.2) is 0 Å². The van der Waals surface area contributed by atoms with Gasteiger partial charge in [-0.1, -0.05) is 6.07 Å². The molecule has 0 saturated heterocycles. The number of anilines is 1. The number of amides is 1. The van der Waals surface area contributed by atoms with Crippen LogP contribution in [0.4, 0.5) is 11.4 Å². The highest BCUT2D eigenvalue weighted by Crippen LogP contribution is 2.28. The van der Waals surface area contributed by atoms with Gasteiger partial charge in [0.05, 0.1) is 22.5 Å². The first-order valence-corrected chi connectivity index (χ1v) is 8.11. The highest BCUT2D eigenvalue weighted by molar-refractivity contribution is 6.02. The zero-order chi connectivity index (χ0) is 19.6. The van der Waals surface area contributed by atoms with Crippen molar-refractivity contribution in [1.82, 2.24) is 9.78 Å². The van der Waals surface area contributed by atoms with Gasteiger partial charge in [0, 0.05) is 13.1 Å². The lowest BCUT2D eigenvalue weighted by molar-refractivity contribution is -0.386. The van der Waals surface area contributed by atoms with Crippen molar-refractivity contribution in [2.75, 3.05) is 5.32 Å². The fourth-order valence-electron chi connectivity index (χ4n) is 2.42. The van der Waals surface area contributed by atoms with Gasteiger partial charge in [0.15, 0.2) is 11.5 Å². The predicted molar refractivity (Wildman–Crippen MR) is 96.8 cm³/mol. The first-order chi connectivity index (χ1) is 12.8. The van der Waals surface area contributed by atoms with E-state index in [9.17, 15) is 14.9 Å². The van der Waals surface area contributed by atoms with Crippen LogP contribution in [-0.2, 0) is 13.7 Å². The van der Waals surface area contributed by atoms with Crippen molar-refractivity contribution >= 4 is 17.3 Å². The molecule has 0 unspecified atom stereocenters. The molecule has 0 aliphatic heterocycles. The Hall–Kier alpha value is -3.62. The SMILES string of the molecule is Cc1ccc(OCc2ccc(C(=O)Nc3cnn(C)c3C)o2)c([N+](=O)[O-])c1. The van der Waals surface area contributed by atoms with Gasteiger partial charge >= 0.3 is 5.69 Å². The first-order valence-electron chi connectivity index (χ1n) is 8.11. The van der Waals surface area contributed by atoms with Crippen molar-refractivity contribution in [1.29, 1.82) is 0 Å². The summed E-state index contributed by atoms with van der Waals surface area (Å²) in [6.07, 6.45) is 1.55. The molecule has 1 N–H and O–H groups in total. The summed E-state index contributed by atoms with van der Waals surface area (Å²) in [4.78, 5) is 22.9. The molecule has 2 aromatic heterocycles. The zero-order valence-corrected chi connectivity index (χ0v) is 15.1. The van der Waals surface area contributed by atoms with E-state index in [0.29, 0.717) is 11.4 Å². The molecular weight excluding hydrogens is 352 g/mol. The number of rotatable bonds is 6. The van der Waals surface area contributed by atoms with E-state index >= 15 is 0 Å². The number of aryl methyl sites for hydroxylation is 2. The third kappa shape index (κ3) is 3.97. The molecule has 0 atom stereocenters. The molecule has 0 saturated carbocycles. The van der Waals surface area contributed by atoms with Gasteiger partial charge in [0.1, 0.15) is 12.4 Å². The van der Waals surface area contributed by atoms with E-state index in [-0.39, 0.29) is 23.8 Å². The Bertz CT molecular complexity index is 1010. The van der Waals surface area contributed by atoms with Crippen LogP contribution in [0.25, 0.3) is 0 Å². The molecule has 3 aromatic rings. The number of nitrogens with zero attached hydrogens (tertiary/aromatic N) is 3. The fourth-order valence-corrected chi connectivity index (χ4v) is 2.42. The van der Waals surface area contributed by atoms with Crippen molar-refractivity contribution in [2.45, 2.75) is 20.5 Å². The molecule has 27 heavy (non-hydrogen) atoms. The van der Waals surface area contributed by atoms with Crippen LogP contribution in [-0.4, -0.2) is 20.6 Å². The van der Waals surface area contributed by atoms with Gasteiger partial charge in [-0.3, -0.25) is 19.6 Å². The third-order valence-corrected chi connectivity index (χ3v) is 4.05. The van der Waals surface area contributed by atoms with E-state index in [1.807, 2.05) is 6.92 Å². The van der Waals surface area contributed by atoms with E-state index in [4.69, 9.17) is 9.15 Å². The first kappa shape index (κ1) is 18.2. The number of benzene rings is 1. The molecule has 140 valence electrons. The summed E-state index contributed by atoms with van der Waals surface area (Å²) in [6, 6.07) is 7.80. The van der Waals surface area contributed by atoms with E-state index in [2.05, 4.69) is 10.4 Å². The lowest BCUT2D eigenvalue weighted by Crippen LogP contribution is -2.11. The molecule has 0 aliphatic rings. The lowest BCUT2D eigenvalue weighted by atomic mass is 10.2. The van der Waals surface area contributed by atoms with E-state index in [1.165, 1.54) is 18.2 Å². The summed E-state index contributed by atoms with van der Waals surface area (Å²) < 4.78 is 12.6. The van der Waals surface area contributed by atoms with E-state index < -0.39 is 10.8 Å². The smallest absolute Gasteiger partial charge is 0.311 e. The monoisotopic (exact) mass is 370 g/mol. The maximum Gasteiger partial charge on any atom is 0.311 e. The largest absolute Gasteiger partial charge is 0.479 e. The van der Waals surface area contributed by atoms with Crippen LogP contribution < -0.4 is 10.1 Å². The summed E-state index contributed by atoms with van der Waals surface area (Å²) in [6.45, 7) is 3.56. The average Bonchev–Trinajstić information content (AvgIpc) is 3.23. The lowest BCUT2D eigenvalue weighted by Gasteiger charge is -2.06. The number of nitro benzene ring substituents is 1. The van der Waals surface area contributed by atoms with Gasteiger partial charge in [-0.05, 0) is 37.6 Å². The van der Waals surface area contributed by atoms with Gasteiger partial charge in [-0.2, -0.15) is 5.10 Å². The zero-order valence-electron chi connectivity index (χ0n) is 15.1. The number of carbonyl (C=O) groups is 1. The summed E-state index contributed by atoms with van der Waals surface area (Å²) in [7, 11) is 1.78. The number of ether oxygens (including phenoxy) is 1. The Labute approximate surface area is 154 Å². The second-order valence-corrected chi connectivity index (χ2v) is 6.00. The molecule has 0 fully saturated rings. The predicted octanol–water partition coefficient (Wildman–Crippen LogP) is 3.37. The molecular formula is C18H18N4O5.